The Kier molecular flexibility index (Phi) is 6.39. The fourth-order valence-electron chi connectivity index (χ4n) is 5.58. The average molecular weight is 564 g/mol. The van der Waals surface area contributed by atoms with Gasteiger partial charge in [-0.3, -0.25) is 0 Å². The molecule has 0 saturated heterocycles. The van der Waals surface area contributed by atoms with Gasteiger partial charge in [0, 0.05) is 33.0 Å². The zero-order chi connectivity index (χ0) is 29.3. The molecule has 0 spiro atoms. The number of hydrogen-bond acceptors (Lipinski definition) is 5. The molecule has 3 aromatic heterocycles. The van der Waals surface area contributed by atoms with Crippen LogP contribution in [0.1, 0.15) is 0 Å². The second-order valence-electron chi connectivity index (χ2n) is 10.6. The first kappa shape index (κ1) is 25.6. The summed E-state index contributed by atoms with van der Waals surface area (Å²) in [7, 11) is 0. The van der Waals surface area contributed by atoms with Gasteiger partial charge < -0.3 is 0 Å². The summed E-state index contributed by atoms with van der Waals surface area (Å²) >= 11 is 0. The first-order valence-corrected chi connectivity index (χ1v) is 14.5. The van der Waals surface area contributed by atoms with Gasteiger partial charge in [0.05, 0.1) is 22.6 Å². The Hall–Kier alpha value is -6.07. The molecule has 0 aliphatic heterocycles. The van der Waals surface area contributed by atoms with Gasteiger partial charge in [0.1, 0.15) is 0 Å². The summed E-state index contributed by atoms with van der Waals surface area (Å²) in [4.78, 5) is 24.8. The number of nitrogens with zero attached hydrogens (tertiary/aromatic N) is 5. The lowest BCUT2D eigenvalue weighted by atomic mass is 10.0. The molecule has 0 amide bonds. The fraction of sp³-hybridized carbons (Fsp3) is 0. The minimum absolute atomic E-state index is 0.609. The predicted octanol–water partition coefficient (Wildman–Crippen LogP) is 9.30. The van der Waals surface area contributed by atoms with Gasteiger partial charge in [-0.1, -0.05) is 127 Å². The molecule has 3 heterocycles. The van der Waals surface area contributed by atoms with Gasteiger partial charge in [-0.25, -0.2) is 24.9 Å². The van der Waals surface area contributed by atoms with E-state index >= 15 is 0 Å². The number of benzene rings is 5. The molecule has 206 valence electrons. The Balaban J connectivity index is 1.24. The third-order valence-corrected chi connectivity index (χ3v) is 7.72. The van der Waals surface area contributed by atoms with Crippen LogP contribution < -0.4 is 0 Å². The highest BCUT2D eigenvalue weighted by Crippen LogP contribution is 2.33. The number of aromatic nitrogens is 5. The highest BCUT2D eigenvalue weighted by Gasteiger charge is 2.15. The fourth-order valence-corrected chi connectivity index (χ4v) is 5.58. The molecule has 0 saturated carbocycles. The molecule has 0 N–H and O–H groups in total. The molecule has 0 aliphatic carbocycles. The van der Waals surface area contributed by atoms with E-state index in [0.29, 0.717) is 17.5 Å². The minimum atomic E-state index is 0.609. The molecule has 8 aromatic rings. The maximum Gasteiger partial charge on any atom is 0.164 e. The summed E-state index contributed by atoms with van der Waals surface area (Å²) in [5, 5.41) is 3.38. The minimum Gasteiger partial charge on any atom is -0.246 e. The molecule has 0 radical (unpaired) electrons. The Morgan fingerprint density at radius 1 is 0.295 bits per heavy atom. The molecule has 0 fully saturated rings. The second-order valence-corrected chi connectivity index (χ2v) is 10.6. The van der Waals surface area contributed by atoms with E-state index in [9.17, 15) is 0 Å². The molecule has 44 heavy (non-hydrogen) atoms. The third-order valence-electron chi connectivity index (χ3n) is 7.72. The highest BCUT2D eigenvalue weighted by molar-refractivity contribution is 6.10. The van der Waals surface area contributed by atoms with Crippen LogP contribution in [0.25, 0.3) is 78.5 Å². The molecule has 0 unspecified atom stereocenters. The highest BCUT2D eigenvalue weighted by atomic mass is 15.0. The van der Waals surface area contributed by atoms with E-state index in [1.165, 1.54) is 5.39 Å². The molecule has 5 nitrogen and oxygen atoms in total. The van der Waals surface area contributed by atoms with Crippen LogP contribution in [0, 0.1) is 0 Å². The van der Waals surface area contributed by atoms with Gasteiger partial charge in [0.25, 0.3) is 0 Å². The van der Waals surface area contributed by atoms with Crippen LogP contribution in [0.15, 0.2) is 152 Å². The first-order chi connectivity index (χ1) is 21.8. The van der Waals surface area contributed by atoms with Crippen LogP contribution in [0.3, 0.4) is 0 Å². The number of para-hydroxylation sites is 1. The Morgan fingerprint density at radius 2 is 0.795 bits per heavy atom. The van der Waals surface area contributed by atoms with Gasteiger partial charge in [-0.05, 0) is 29.7 Å². The monoisotopic (exact) mass is 563 g/mol. The lowest BCUT2D eigenvalue weighted by molar-refractivity contribution is 1.07. The van der Waals surface area contributed by atoms with E-state index in [4.69, 9.17) is 24.9 Å². The molecular formula is C39H25N5. The van der Waals surface area contributed by atoms with Crippen LogP contribution in [0.5, 0.6) is 0 Å². The summed E-state index contributed by atoms with van der Waals surface area (Å²) in [5.74, 6) is 1.88. The third kappa shape index (κ3) is 4.76. The standard InChI is InChI=1S/C39H25N5/c1-3-13-26(14-4-1)37-42-38(27-15-5-2-6-16-27)44-39(43-37)29-18-11-17-28(25-29)33-23-12-24-35(40-33)36-32-21-8-7-19-30(32)31-20-9-10-22-34(31)41-36/h1-25H. The van der Waals surface area contributed by atoms with Crippen molar-refractivity contribution in [3.8, 4) is 56.8 Å². The van der Waals surface area contributed by atoms with Crippen molar-refractivity contribution in [1.29, 1.82) is 0 Å². The summed E-state index contributed by atoms with van der Waals surface area (Å²) in [6.07, 6.45) is 0. The molecule has 0 bridgehead atoms. The van der Waals surface area contributed by atoms with Gasteiger partial charge in [0.2, 0.25) is 0 Å². The van der Waals surface area contributed by atoms with Crippen molar-refractivity contribution in [3.63, 3.8) is 0 Å². The van der Waals surface area contributed by atoms with E-state index in [1.54, 1.807) is 0 Å². The van der Waals surface area contributed by atoms with E-state index < -0.39 is 0 Å². The van der Waals surface area contributed by atoms with Gasteiger partial charge in [-0.2, -0.15) is 0 Å². The van der Waals surface area contributed by atoms with Crippen molar-refractivity contribution < 1.29 is 0 Å². The maximum absolute atomic E-state index is 5.12. The molecule has 8 rings (SSSR count). The van der Waals surface area contributed by atoms with E-state index in [2.05, 4.69) is 54.6 Å². The number of hydrogen-bond donors (Lipinski definition) is 0. The van der Waals surface area contributed by atoms with Crippen molar-refractivity contribution in [2.24, 2.45) is 0 Å². The van der Waals surface area contributed by atoms with Gasteiger partial charge in [-0.15, -0.1) is 0 Å². The molecule has 5 heteroatoms. The van der Waals surface area contributed by atoms with Crippen LogP contribution in [-0.4, -0.2) is 24.9 Å². The van der Waals surface area contributed by atoms with E-state index in [0.717, 1.165) is 55.6 Å². The van der Waals surface area contributed by atoms with E-state index in [-0.39, 0.29) is 0 Å². The van der Waals surface area contributed by atoms with Crippen LogP contribution in [0.2, 0.25) is 0 Å². The van der Waals surface area contributed by atoms with Crippen LogP contribution in [-0.2, 0) is 0 Å². The second kappa shape index (κ2) is 11.0. The summed E-state index contributed by atoms with van der Waals surface area (Å²) in [6, 6.07) is 51.0. The molecule has 0 aliphatic rings. The Morgan fingerprint density at radius 3 is 1.50 bits per heavy atom. The molecular weight excluding hydrogens is 538 g/mol. The van der Waals surface area contributed by atoms with Crippen LogP contribution in [0.4, 0.5) is 0 Å². The maximum atomic E-state index is 5.12. The zero-order valence-corrected chi connectivity index (χ0v) is 23.7. The summed E-state index contributed by atoms with van der Waals surface area (Å²) < 4.78 is 0. The first-order valence-electron chi connectivity index (χ1n) is 14.5. The predicted molar refractivity (Wildman–Crippen MR) is 178 cm³/mol. The van der Waals surface area contributed by atoms with Crippen molar-refractivity contribution in [1.82, 2.24) is 24.9 Å². The Labute approximate surface area is 254 Å². The number of fused-ring (bicyclic) bond motifs is 3. The van der Waals surface area contributed by atoms with Crippen molar-refractivity contribution in [2.45, 2.75) is 0 Å². The quantitative estimate of drug-likeness (QED) is 0.195. The van der Waals surface area contributed by atoms with Crippen LogP contribution >= 0.6 is 0 Å². The average Bonchev–Trinajstić information content (AvgIpc) is 3.12. The molecule has 5 aromatic carbocycles. The number of pyridine rings is 2. The van der Waals surface area contributed by atoms with Crippen molar-refractivity contribution in [3.05, 3.63) is 152 Å². The van der Waals surface area contributed by atoms with E-state index in [1.807, 2.05) is 97.1 Å². The largest absolute Gasteiger partial charge is 0.246 e. The van der Waals surface area contributed by atoms with Crippen molar-refractivity contribution >= 4 is 21.7 Å². The lowest BCUT2D eigenvalue weighted by Gasteiger charge is -2.11. The zero-order valence-electron chi connectivity index (χ0n) is 23.7. The van der Waals surface area contributed by atoms with Gasteiger partial charge in [0.15, 0.2) is 17.5 Å². The Bertz CT molecular complexity index is 2220. The van der Waals surface area contributed by atoms with Gasteiger partial charge >= 0.3 is 0 Å². The normalized spacial score (nSPS) is 11.2. The van der Waals surface area contributed by atoms with Crippen molar-refractivity contribution in [2.75, 3.05) is 0 Å². The summed E-state index contributed by atoms with van der Waals surface area (Å²) in [6.45, 7) is 0. The molecule has 0 atom stereocenters. The SMILES string of the molecule is c1ccc(-c2nc(-c3ccccc3)nc(-c3cccc(-c4cccc(-c5nc6ccccc6c6ccccc56)n4)c3)n2)cc1. The lowest BCUT2D eigenvalue weighted by Crippen LogP contribution is -2.00. The topological polar surface area (TPSA) is 64.5 Å². The summed E-state index contributed by atoms with van der Waals surface area (Å²) in [5.41, 5.74) is 7.24. The number of rotatable bonds is 5. The smallest absolute Gasteiger partial charge is 0.164 e.